The molecule has 0 spiro atoms. The number of thiocarbonyl (C=S) groups is 1. The minimum Gasteiger partial charge on any atom is -0.497 e. The number of anilines is 1. The van der Waals surface area contributed by atoms with Gasteiger partial charge >= 0.3 is 0 Å². The molecule has 3 rings (SSSR count). The Bertz CT molecular complexity index is 921. The van der Waals surface area contributed by atoms with Gasteiger partial charge < -0.3 is 9.47 Å². The number of carbonyl (C=O) groups excluding carboxylic acids is 1. The lowest BCUT2D eigenvalue weighted by atomic mass is 10.1. The first-order chi connectivity index (χ1) is 12.4. The third-order valence-electron chi connectivity index (χ3n) is 4.27. The van der Waals surface area contributed by atoms with Crippen LogP contribution in [0.3, 0.4) is 0 Å². The fourth-order valence-electron chi connectivity index (χ4n) is 2.65. The van der Waals surface area contributed by atoms with Crippen molar-refractivity contribution in [2.45, 2.75) is 13.8 Å². The smallest absolute Gasteiger partial charge is 0.270 e. The molecule has 0 atom stereocenters. The normalized spacial score (nSPS) is 15.7. The van der Waals surface area contributed by atoms with Crippen LogP contribution in [0.5, 0.6) is 11.5 Å². The van der Waals surface area contributed by atoms with E-state index in [4.69, 9.17) is 21.7 Å². The van der Waals surface area contributed by atoms with E-state index in [1.807, 2.05) is 50.2 Å². The van der Waals surface area contributed by atoms with Crippen molar-refractivity contribution < 1.29 is 14.3 Å². The second kappa shape index (κ2) is 7.51. The fraction of sp³-hybridized carbons (Fsp3) is 0.200. The van der Waals surface area contributed by atoms with Gasteiger partial charge in [-0.3, -0.25) is 9.69 Å². The van der Waals surface area contributed by atoms with Crippen molar-refractivity contribution in [2.24, 2.45) is 0 Å². The molecule has 1 fully saturated rings. The van der Waals surface area contributed by atoms with Crippen LogP contribution in [0.15, 0.2) is 41.3 Å². The Hall–Kier alpha value is -2.31. The Morgan fingerprint density at radius 2 is 1.81 bits per heavy atom. The van der Waals surface area contributed by atoms with Crippen LogP contribution >= 0.6 is 24.0 Å². The summed E-state index contributed by atoms with van der Waals surface area (Å²) in [6.07, 6.45) is 1.79. The number of methoxy groups -OCH3 is 2. The predicted octanol–water partition coefficient (Wildman–Crippen LogP) is 4.73. The molecule has 1 aliphatic rings. The quantitative estimate of drug-likeness (QED) is 0.562. The van der Waals surface area contributed by atoms with Gasteiger partial charge in [0.15, 0.2) is 4.32 Å². The third-order valence-corrected chi connectivity index (χ3v) is 5.57. The van der Waals surface area contributed by atoms with Crippen molar-refractivity contribution in [3.8, 4) is 11.5 Å². The fourth-order valence-corrected chi connectivity index (χ4v) is 3.94. The molecule has 0 N–H and O–H groups in total. The van der Waals surface area contributed by atoms with Gasteiger partial charge in [-0.2, -0.15) is 0 Å². The van der Waals surface area contributed by atoms with E-state index in [9.17, 15) is 4.79 Å². The predicted molar refractivity (Wildman–Crippen MR) is 111 cm³/mol. The number of aryl methyl sites for hydroxylation is 2. The molecule has 4 nitrogen and oxygen atoms in total. The molecule has 0 bridgehead atoms. The van der Waals surface area contributed by atoms with Gasteiger partial charge in [-0.05, 0) is 61.4 Å². The van der Waals surface area contributed by atoms with Crippen LogP contribution in [0, 0.1) is 13.8 Å². The Morgan fingerprint density at radius 3 is 2.46 bits per heavy atom. The summed E-state index contributed by atoms with van der Waals surface area (Å²) in [6, 6.07) is 11.4. The Balaban J connectivity index is 1.98. The summed E-state index contributed by atoms with van der Waals surface area (Å²) in [5.41, 5.74) is 3.86. The van der Waals surface area contributed by atoms with Crippen LogP contribution in [0.4, 0.5) is 5.69 Å². The van der Waals surface area contributed by atoms with E-state index in [2.05, 4.69) is 0 Å². The van der Waals surface area contributed by atoms with E-state index in [0.717, 1.165) is 16.8 Å². The summed E-state index contributed by atoms with van der Waals surface area (Å²) in [5.74, 6) is 1.23. The van der Waals surface area contributed by atoms with E-state index in [-0.39, 0.29) is 5.91 Å². The molecule has 1 amide bonds. The number of nitrogens with zero attached hydrogens (tertiary/aromatic N) is 1. The van der Waals surface area contributed by atoms with Crippen molar-refractivity contribution in [3.63, 3.8) is 0 Å². The van der Waals surface area contributed by atoms with E-state index in [1.54, 1.807) is 25.2 Å². The SMILES string of the molecule is COc1ccc(OC)c(/C=C2\SC(=S)N(c3ccc(C)c(C)c3)C2=O)c1. The Morgan fingerprint density at radius 1 is 1.04 bits per heavy atom. The maximum absolute atomic E-state index is 12.9. The number of hydrogen-bond acceptors (Lipinski definition) is 5. The molecular formula is C20H19NO3S2. The first kappa shape index (κ1) is 18.5. The summed E-state index contributed by atoms with van der Waals surface area (Å²) < 4.78 is 11.2. The van der Waals surface area contributed by atoms with Crippen molar-refractivity contribution >= 4 is 46.0 Å². The largest absolute Gasteiger partial charge is 0.497 e. The zero-order chi connectivity index (χ0) is 18.8. The van der Waals surface area contributed by atoms with Crippen LogP contribution < -0.4 is 14.4 Å². The Labute approximate surface area is 162 Å². The first-order valence-corrected chi connectivity index (χ1v) is 9.24. The maximum Gasteiger partial charge on any atom is 0.270 e. The summed E-state index contributed by atoms with van der Waals surface area (Å²) in [4.78, 5) is 15.1. The molecule has 1 aliphatic heterocycles. The molecule has 0 aromatic heterocycles. The van der Waals surface area contributed by atoms with Gasteiger partial charge in [-0.1, -0.05) is 30.0 Å². The molecule has 0 unspecified atom stereocenters. The minimum absolute atomic E-state index is 0.131. The molecule has 2 aromatic rings. The number of amides is 1. The van der Waals surface area contributed by atoms with Gasteiger partial charge in [0.25, 0.3) is 5.91 Å². The highest BCUT2D eigenvalue weighted by Crippen LogP contribution is 2.38. The molecule has 0 radical (unpaired) electrons. The highest BCUT2D eigenvalue weighted by molar-refractivity contribution is 8.27. The summed E-state index contributed by atoms with van der Waals surface area (Å²) in [5, 5.41) is 0. The van der Waals surface area contributed by atoms with Crippen molar-refractivity contribution in [2.75, 3.05) is 19.1 Å². The van der Waals surface area contributed by atoms with Crippen LogP contribution in [0.25, 0.3) is 6.08 Å². The standard InChI is InChI=1S/C20H19NO3S2/c1-12-5-6-15(9-13(12)2)21-19(22)18(26-20(21)25)11-14-10-16(23-3)7-8-17(14)24-4/h5-11H,1-4H3/b18-11-. The van der Waals surface area contributed by atoms with Crippen LogP contribution in [-0.4, -0.2) is 24.4 Å². The summed E-state index contributed by atoms with van der Waals surface area (Å²) >= 11 is 6.74. The third kappa shape index (κ3) is 3.48. The van der Waals surface area contributed by atoms with Crippen LogP contribution in [-0.2, 0) is 4.79 Å². The first-order valence-electron chi connectivity index (χ1n) is 8.02. The number of benzene rings is 2. The Kier molecular flexibility index (Phi) is 5.34. The molecule has 1 saturated heterocycles. The average Bonchev–Trinajstić information content (AvgIpc) is 2.91. The topological polar surface area (TPSA) is 38.8 Å². The van der Waals surface area contributed by atoms with Crippen LogP contribution in [0.2, 0.25) is 0 Å². The monoisotopic (exact) mass is 385 g/mol. The molecular weight excluding hydrogens is 366 g/mol. The van der Waals surface area contributed by atoms with Crippen molar-refractivity contribution in [1.29, 1.82) is 0 Å². The van der Waals surface area contributed by atoms with Gasteiger partial charge in [-0.15, -0.1) is 0 Å². The lowest BCUT2D eigenvalue weighted by molar-refractivity contribution is -0.113. The molecule has 6 heteroatoms. The lowest BCUT2D eigenvalue weighted by Crippen LogP contribution is -2.27. The second-order valence-corrected chi connectivity index (χ2v) is 7.57. The molecule has 0 aliphatic carbocycles. The average molecular weight is 386 g/mol. The highest BCUT2D eigenvalue weighted by Gasteiger charge is 2.33. The van der Waals surface area contributed by atoms with Gasteiger partial charge in [0.05, 0.1) is 24.8 Å². The van der Waals surface area contributed by atoms with E-state index < -0.39 is 0 Å². The zero-order valence-corrected chi connectivity index (χ0v) is 16.7. The zero-order valence-electron chi connectivity index (χ0n) is 15.0. The van der Waals surface area contributed by atoms with E-state index in [1.165, 1.54) is 17.3 Å². The van der Waals surface area contributed by atoms with Gasteiger partial charge in [0.2, 0.25) is 0 Å². The number of carbonyl (C=O) groups is 1. The molecule has 26 heavy (non-hydrogen) atoms. The summed E-state index contributed by atoms with van der Waals surface area (Å²) in [6.45, 7) is 4.06. The lowest BCUT2D eigenvalue weighted by Gasteiger charge is -2.16. The van der Waals surface area contributed by atoms with Crippen LogP contribution in [0.1, 0.15) is 16.7 Å². The number of ether oxygens (including phenoxy) is 2. The number of hydrogen-bond donors (Lipinski definition) is 0. The maximum atomic E-state index is 12.9. The molecule has 134 valence electrons. The highest BCUT2D eigenvalue weighted by atomic mass is 32.2. The van der Waals surface area contributed by atoms with Crippen molar-refractivity contribution in [1.82, 2.24) is 0 Å². The van der Waals surface area contributed by atoms with Gasteiger partial charge in [0, 0.05) is 5.56 Å². The second-order valence-electron chi connectivity index (χ2n) is 5.89. The van der Waals surface area contributed by atoms with Crippen molar-refractivity contribution in [3.05, 3.63) is 58.0 Å². The van der Waals surface area contributed by atoms with Gasteiger partial charge in [-0.25, -0.2) is 0 Å². The summed E-state index contributed by atoms with van der Waals surface area (Å²) in [7, 11) is 3.20. The molecule has 2 aromatic carbocycles. The van der Waals surface area contributed by atoms with E-state index in [0.29, 0.717) is 20.7 Å². The number of rotatable bonds is 4. The minimum atomic E-state index is -0.131. The molecule has 0 saturated carbocycles. The van der Waals surface area contributed by atoms with Gasteiger partial charge in [0.1, 0.15) is 11.5 Å². The van der Waals surface area contributed by atoms with E-state index >= 15 is 0 Å². The molecule has 1 heterocycles. The number of thioether (sulfide) groups is 1.